The van der Waals surface area contributed by atoms with E-state index in [1.165, 1.54) is 0 Å². The van der Waals surface area contributed by atoms with Crippen molar-refractivity contribution in [3.8, 4) is 12.1 Å². The van der Waals surface area contributed by atoms with Gasteiger partial charge < -0.3 is 24.4 Å². The quantitative estimate of drug-likeness (QED) is 0.381. The van der Waals surface area contributed by atoms with Crippen molar-refractivity contribution in [1.82, 2.24) is 15.4 Å². The van der Waals surface area contributed by atoms with E-state index in [9.17, 15) is 0 Å². The van der Waals surface area contributed by atoms with Gasteiger partial charge >= 0.3 is 18.9 Å². The molecule has 0 amide bonds. The topological polar surface area (TPSA) is 115 Å². The van der Waals surface area contributed by atoms with Gasteiger partial charge in [-0.3, -0.25) is 5.21 Å². The van der Waals surface area contributed by atoms with Crippen LogP contribution in [0.5, 0.6) is 0 Å². The minimum atomic E-state index is -0.0162. The van der Waals surface area contributed by atoms with Gasteiger partial charge in [-0.05, 0) is 0 Å². The molecule has 0 unspecified atom stereocenters. The number of rotatable bonds is 6. The molecular formula is C10H14LiN5O3. The van der Waals surface area contributed by atoms with E-state index < -0.39 is 0 Å². The van der Waals surface area contributed by atoms with Crippen molar-refractivity contribution in [2.45, 2.75) is 0 Å². The van der Waals surface area contributed by atoms with E-state index in [-0.39, 0.29) is 30.2 Å². The van der Waals surface area contributed by atoms with Gasteiger partial charge in [0.25, 0.3) is 0 Å². The van der Waals surface area contributed by atoms with Crippen LogP contribution in [0.1, 0.15) is 11.4 Å². The standard InChI is InChI=1S/C6H14O3.C4N5.Li/c1-7-3-5-9-6-4-8-2;5-1-3-4(2-6)8-9-7-3;/h3-6H2,1-2H3;;/q;-1;+1. The summed E-state index contributed by atoms with van der Waals surface area (Å²) in [5.41, 5.74) is -0.0324. The molecule has 0 aliphatic heterocycles. The number of nitriles is 2. The summed E-state index contributed by atoms with van der Waals surface area (Å²) in [5, 5.41) is 26.0. The smallest absolute Gasteiger partial charge is 0.382 e. The molecule has 0 aromatic carbocycles. The second-order valence-corrected chi connectivity index (χ2v) is 2.81. The van der Waals surface area contributed by atoms with Crippen LogP contribution >= 0.6 is 0 Å². The molecule has 0 aliphatic rings. The average Bonchev–Trinajstić information content (AvgIpc) is 2.87. The summed E-state index contributed by atoms with van der Waals surface area (Å²) in [5.74, 6) is 0. The van der Waals surface area contributed by atoms with Crippen LogP contribution in [0, 0.1) is 22.7 Å². The minimum absolute atomic E-state index is 0. The van der Waals surface area contributed by atoms with Crippen LogP contribution in [-0.2, 0) is 14.2 Å². The molecular weight excluding hydrogens is 245 g/mol. The van der Waals surface area contributed by atoms with Crippen LogP contribution in [-0.4, -0.2) is 51.0 Å². The molecule has 19 heavy (non-hydrogen) atoms. The zero-order chi connectivity index (χ0) is 13.6. The van der Waals surface area contributed by atoms with Gasteiger partial charge in [0.1, 0.15) is 0 Å². The normalized spacial score (nSPS) is 8.42. The first-order valence-electron chi connectivity index (χ1n) is 5.02. The molecule has 1 rings (SSSR count). The molecule has 0 spiro atoms. The third-order valence-corrected chi connectivity index (χ3v) is 1.59. The fourth-order valence-corrected chi connectivity index (χ4v) is 0.744. The summed E-state index contributed by atoms with van der Waals surface area (Å²) in [4.78, 5) is 0. The van der Waals surface area contributed by atoms with Gasteiger partial charge in [-0.1, -0.05) is 0 Å². The predicted molar refractivity (Wildman–Crippen MR) is 59.4 cm³/mol. The second-order valence-electron chi connectivity index (χ2n) is 2.81. The fraction of sp³-hybridized carbons (Fsp3) is 0.600. The molecule has 1 heterocycles. The van der Waals surface area contributed by atoms with Gasteiger partial charge in [0, 0.05) is 14.2 Å². The number of hydrogen-bond donors (Lipinski definition) is 0. The van der Waals surface area contributed by atoms with Crippen molar-refractivity contribution in [1.29, 1.82) is 10.5 Å². The molecule has 1 aromatic heterocycles. The number of aromatic nitrogens is 3. The Morgan fingerprint density at radius 3 is 2.00 bits per heavy atom. The number of nitrogens with zero attached hydrogens (tertiary/aromatic N) is 5. The van der Waals surface area contributed by atoms with Crippen LogP contribution in [0.3, 0.4) is 0 Å². The maximum Gasteiger partial charge on any atom is 1.00 e. The maximum atomic E-state index is 8.19. The summed E-state index contributed by atoms with van der Waals surface area (Å²) in [6, 6.07) is 3.34. The Balaban J connectivity index is 0. The Kier molecular flexibility index (Phi) is 15.4. The SMILES string of the molecule is COCCOCCOC.N#Cc1nn[n-]c1C#N.[Li+]. The zero-order valence-corrected chi connectivity index (χ0v) is 11.3. The summed E-state index contributed by atoms with van der Waals surface area (Å²) in [6.45, 7) is 2.62. The van der Waals surface area contributed by atoms with Gasteiger partial charge in [0.2, 0.25) is 0 Å². The van der Waals surface area contributed by atoms with Crippen LogP contribution in [0.25, 0.3) is 0 Å². The van der Waals surface area contributed by atoms with Gasteiger partial charge in [-0.15, -0.1) is 0 Å². The van der Waals surface area contributed by atoms with Gasteiger partial charge in [-0.25, -0.2) is 0 Å². The Bertz CT molecular complexity index is 364. The zero-order valence-electron chi connectivity index (χ0n) is 11.3. The van der Waals surface area contributed by atoms with E-state index in [1.54, 1.807) is 26.4 Å². The summed E-state index contributed by atoms with van der Waals surface area (Å²) in [7, 11) is 3.30. The van der Waals surface area contributed by atoms with E-state index in [1.807, 2.05) is 0 Å². The molecule has 0 atom stereocenters. The van der Waals surface area contributed by atoms with Crippen LogP contribution in [0.4, 0.5) is 0 Å². The van der Waals surface area contributed by atoms with E-state index in [2.05, 4.69) is 15.4 Å². The van der Waals surface area contributed by atoms with Gasteiger partial charge in [0.05, 0.1) is 50.0 Å². The molecule has 1 aromatic rings. The molecule has 8 nitrogen and oxygen atoms in total. The molecule has 0 bridgehead atoms. The number of methoxy groups -OCH3 is 2. The molecule has 98 valence electrons. The summed E-state index contributed by atoms with van der Waals surface area (Å²) < 4.78 is 14.6. The fourth-order valence-electron chi connectivity index (χ4n) is 0.744. The molecule has 9 heteroatoms. The summed E-state index contributed by atoms with van der Waals surface area (Å²) >= 11 is 0. The molecule has 0 N–H and O–H groups in total. The first-order valence-corrected chi connectivity index (χ1v) is 5.02. The number of ether oxygens (including phenoxy) is 3. The molecule has 0 radical (unpaired) electrons. The monoisotopic (exact) mass is 259 g/mol. The Hall–Kier alpha value is -1.40. The summed E-state index contributed by atoms with van der Waals surface area (Å²) in [6.07, 6.45) is 0. The Morgan fingerprint density at radius 2 is 1.63 bits per heavy atom. The molecule has 0 saturated heterocycles. The number of hydrogen-bond acceptors (Lipinski definition) is 7. The van der Waals surface area contributed by atoms with Crippen LogP contribution < -0.4 is 24.0 Å². The Labute approximate surface area is 123 Å². The van der Waals surface area contributed by atoms with Gasteiger partial charge in [-0.2, -0.15) is 10.5 Å². The van der Waals surface area contributed by atoms with Crippen LogP contribution in [0.15, 0.2) is 0 Å². The Morgan fingerprint density at radius 1 is 1.05 bits per heavy atom. The first kappa shape index (κ1) is 19.9. The predicted octanol–water partition coefficient (Wildman–Crippen LogP) is -3.52. The third kappa shape index (κ3) is 10.2. The van der Waals surface area contributed by atoms with E-state index in [0.717, 1.165) is 0 Å². The van der Waals surface area contributed by atoms with Crippen molar-refractivity contribution in [2.75, 3.05) is 40.6 Å². The van der Waals surface area contributed by atoms with E-state index in [4.69, 9.17) is 24.7 Å². The van der Waals surface area contributed by atoms with Crippen molar-refractivity contribution >= 4 is 0 Å². The van der Waals surface area contributed by atoms with Gasteiger partial charge in [0.15, 0.2) is 0 Å². The largest absolute Gasteiger partial charge is 1.00 e. The molecule has 0 fully saturated rings. The van der Waals surface area contributed by atoms with E-state index in [0.29, 0.717) is 26.4 Å². The van der Waals surface area contributed by atoms with Crippen molar-refractivity contribution in [3.63, 3.8) is 0 Å². The second kappa shape index (κ2) is 14.7. The minimum Gasteiger partial charge on any atom is -0.382 e. The molecule has 0 saturated carbocycles. The van der Waals surface area contributed by atoms with E-state index >= 15 is 0 Å². The average molecular weight is 259 g/mol. The maximum absolute atomic E-state index is 8.19. The molecule has 0 aliphatic carbocycles. The van der Waals surface area contributed by atoms with Crippen molar-refractivity contribution in [3.05, 3.63) is 11.4 Å². The van der Waals surface area contributed by atoms with Crippen LogP contribution in [0.2, 0.25) is 0 Å². The van der Waals surface area contributed by atoms with Crippen molar-refractivity contribution < 1.29 is 33.1 Å². The van der Waals surface area contributed by atoms with Crippen molar-refractivity contribution in [2.24, 2.45) is 0 Å². The third-order valence-electron chi connectivity index (χ3n) is 1.59. The first-order chi connectivity index (χ1) is 8.79.